The van der Waals surface area contributed by atoms with Crippen LogP contribution in [0, 0.1) is 17.3 Å². The Morgan fingerprint density at radius 1 is 1.43 bits per heavy atom. The molecule has 0 radical (unpaired) electrons. The number of hydrogen-bond acceptors (Lipinski definition) is 3. The molecule has 4 aliphatic carbocycles. The number of carbonyl (C=O) groups is 1. The number of amides is 1. The second kappa shape index (κ2) is 5.33. The third-order valence-electron chi connectivity index (χ3n) is 6.57. The first-order valence-corrected chi connectivity index (χ1v) is 8.96. The maximum atomic E-state index is 12.3. The van der Waals surface area contributed by atoms with Crippen LogP contribution in [0.5, 0.6) is 0 Å². The van der Waals surface area contributed by atoms with Crippen LogP contribution >= 0.6 is 0 Å². The first-order chi connectivity index (χ1) is 11.0. The summed E-state index contributed by atoms with van der Waals surface area (Å²) < 4.78 is 0. The van der Waals surface area contributed by atoms with Crippen molar-refractivity contribution in [1.82, 2.24) is 15.5 Å². The van der Waals surface area contributed by atoms with Crippen LogP contribution in [0.3, 0.4) is 0 Å². The van der Waals surface area contributed by atoms with Crippen molar-refractivity contribution in [3.63, 3.8) is 0 Å². The smallest absolute Gasteiger partial charge is 0.220 e. The highest BCUT2D eigenvalue weighted by atomic mass is 16.3. The van der Waals surface area contributed by atoms with Gasteiger partial charge in [0.05, 0.1) is 11.8 Å². The summed E-state index contributed by atoms with van der Waals surface area (Å²) in [5.41, 5.74) is 0.723. The van der Waals surface area contributed by atoms with E-state index in [1.165, 1.54) is 19.3 Å². The second-order valence-corrected chi connectivity index (χ2v) is 8.44. The van der Waals surface area contributed by atoms with Crippen molar-refractivity contribution < 1.29 is 9.90 Å². The molecule has 0 aromatic carbocycles. The molecular formula is C18H27N3O2. The van der Waals surface area contributed by atoms with Crippen LogP contribution in [0.15, 0.2) is 12.4 Å². The molecule has 3 atom stereocenters. The molecule has 5 rings (SSSR count). The van der Waals surface area contributed by atoms with Gasteiger partial charge in [-0.15, -0.1) is 0 Å². The molecule has 1 aromatic heterocycles. The predicted molar refractivity (Wildman–Crippen MR) is 86.6 cm³/mol. The van der Waals surface area contributed by atoms with E-state index >= 15 is 0 Å². The third kappa shape index (κ3) is 2.80. The molecule has 3 unspecified atom stereocenters. The molecule has 23 heavy (non-hydrogen) atoms. The van der Waals surface area contributed by atoms with Gasteiger partial charge in [0.1, 0.15) is 0 Å². The van der Waals surface area contributed by atoms with Crippen molar-refractivity contribution in [3.05, 3.63) is 18.0 Å². The number of H-pyrrole nitrogens is 1. The average molecular weight is 317 g/mol. The van der Waals surface area contributed by atoms with Gasteiger partial charge < -0.3 is 10.4 Å². The Balaban J connectivity index is 1.38. The van der Waals surface area contributed by atoms with Crippen molar-refractivity contribution in [2.75, 3.05) is 0 Å². The molecule has 1 aromatic rings. The van der Waals surface area contributed by atoms with E-state index in [-0.39, 0.29) is 17.4 Å². The summed E-state index contributed by atoms with van der Waals surface area (Å²) in [7, 11) is 0. The Kier molecular flexibility index (Phi) is 3.52. The van der Waals surface area contributed by atoms with Crippen LogP contribution in [-0.4, -0.2) is 32.9 Å². The van der Waals surface area contributed by atoms with Gasteiger partial charge in [0, 0.05) is 18.7 Å². The van der Waals surface area contributed by atoms with Crippen molar-refractivity contribution in [3.8, 4) is 0 Å². The van der Waals surface area contributed by atoms with Crippen molar-refractivity contribution in [2.45, 2.75) is 69.9 Å². The quantitative estimate of drug-likeness (QED) is 0.779. The van der Waals surface area contributed by atoms with E-state index in [4.69, 9.17) is 0 Å². The van der Waals surface area contributed by atoms with Gasteiger partial charge >= 0.3 is 0 Å². The van der Waals surface area contributed by atoms with Gasteiger partial charge in [0.2, 0.25) is 5.91 Å². The van der Waals surface area contributed by atoms with E-state index in [9.17, 15) is 9.90 Å². The van der Waals surface area contributed by atoms with Crippen LogP contribution in [0.2, 0.25) is 0 Å². The van der Waals surface area contributed by atoms with E-state index in [0.29, 0.717) is 18.3 Å². The van der Waals surface area contributed by atoms with Gasteiger partial charge in [0.25, 0.3) is 0 Å². The zero-order valence-corrected chi connectivity index (χ0v) is 13.8. The Morgan fingerprint density at radius 3 is 2.78 bits per heavy atom. The number of aromatic nitrogens is 2. The summed E-state index contributed by atoms with van der Waals surface area (Å²) in [5.74, 6) is 1.43. The Hall–Kier alpha value is -1.36. The molecule has 3 N–H and O–H groups in total. The lowest BCUT2D eigenvalue weighted by molar-refractivity contribution is -0.173. The SMILES string of the molecule is CC(NC(=O)CCc1cn[nH]c1)C12CC3CC(CC(O)(C3)C1)C2. The molecule has 4 aliphatic rings. The summed E-state index contributed by atoms with van der Waals surface area (Å²) in [4.78, 5) is 12.3. The number of aryl methyl sites for hydroxylation is 1. The monoisotopic (exact) mass is 317 g/mol. The maximum absolute atomic E-state index is 12.3. The molecule has 0 saturated heterocycles. The molecule has 4 saturated carbocycles. The second-order valence-electron chi connectivity index (χ2n) is 8.44. The van der Waals surface area contributed by atoms with Gasteiger partial charge in [-0.2, -0.15) is 5.10 Å². The summed E-state index contributed by atoms with van der Waals surface area (Å²) in [6.07, 6.45) is 11.3. The average Bonchev–Trinajstić information content (AvgIpc) is 2.95. The van der Waals surface area contributed by atoms with Gasteiger partial charge in [-0.25, -0.2) is 0 Å². The normalized spacial score (nSPS) is 39.4. The zero-order chi connectivity index (χ0) is 16.1. The molecule has 5 nitrogen and oxygen atoms in total. The molecule has 0 spiro atoms. The third-order valence-corrected chi connectivity index (χ3v) is 6.57. The van der Waals surface area contributed by atoms with Gasteiger partial charge in [-0.3, -0.25) is 9.89 Å². The number of carbonyl (C=O) groups excluding carboxylic acids is 1. The molecular weight excluding hydrogens is 290 g/mol. The van der Waals surface area contributed by atoms with E-state index in [0.717, 1.165) is 31.2 Å². The highest BCUT2D eigenvalue weighted by molar-refractivity contribution is 5.76. The van der Waals surface area contributed by atoms with Crippen LogP contribution < -0.4 is 5.32 Å². The molecule has 4 fully saturated rings. The van der Waals surface area contributed by atoms with Crippen LogP contribution in [0.1, 0.15) is 57.4 Å². The largest absolute Gasteiger partial charge is 0.390 e. The lowest BCUT2D eigenvalue weighted by Gasteiger charge is -2.62. The first kappa shape index (κ1) is 15.2. The number of nitrogens with one attached hydrogen (secondary N) is 2. The number of nitrogens with zero attached hydrogens (tertiary/aromatic N) is 1. The molecule has 126 valence electrons. The first-order valence-electron chi connectivity index (χ1n) is 8.96. The number of hydrogen-bond donors (Lipinski definition) is 3. The Labute approximate surface area is 137 Å². The zero-order valence-electron chi connectivity index (χ0n) is 13.8. The van der Waals surface area contributed by atoms with E-state index < -0.39 is 5.60 Å². The van der Waals surface area contributed by atoms with E-state index in [2.05, 4.69) is 22.4 Å². The lowest BCUT2D eigenvalue weighted by atomic mass is 9.46. The van der Waals surface area contributed by atoms with Gasteiger partial charge in [-0.1, -0.05) is 0 Å². The molecule has 5 heteroatoms. The summed E-state index contributed by atoms with van der Waals surface area (Å²) in [6.45, 7) is 2.15. The summed E-state index contributed by atoms with van der Waals surface area (Å²) >= 11 is 0. The topological polar surface area (TPSA) is 78.0 Å². The minimum absolute atomic E-state index is 0.112. The predicted octanol–water partition coefficient (Wildman–Crippen LogP) is 2.18. The van der Waals surface area contributed by atoms with Gasteiger partial charge in [0.15, 0.2) is 0 Å². The fourth-order valence-electron chi connectivity index (χ4n) is 5.93. The highest BCUT2D eigenvalue weighted by Gasteiger charge is 2.58. The van der Waals surface area contributed by atoms with E-state index in [1.807, 2.05) is 6.20 Å². The molecule has 0 aliphatic heterocycles. The van der Waals surface area contributed by atoms with Crippen LogP contribution in [0.4, 0.5) is 0 Å². The standard InChI is InChI=1S/C18H27N3O2/c1-12(21-16(22)3-2-13-9-19-20-10-13)17-5-14-4-15(6-17)8-18(23,7-14)11-17/h9-10,12,14-15,23H,2-8,11H2,1H3,(H,19,20)(H,21,22). The minimum atomic E-state index is -0.458. The fraction of sp³-hybridized carbons (Fsp3) is 0.778. The summed E-state index contributed by atoms with van der Waals surface area (Å²) in [6, 6.07) is 0.150. The number of rotatable bonds is 5. The van der Waals surface area contributed by atoms with Gasteiger partial charge in [-0.05, 0) is 74.7 Å². The van der Waals surface area contributed by atoms with Crippen molar-refractivity contribution >= 4 is 5.91 Å². The molecule has 4 bridgehead atoms. The van der Waals surface area contributed by atoms with E-state index in [1.54, 1.807) is 6.20 Å². The van der Waals surface area contributed by atoms with Crippen molar-refractivity contribution in [2.24, 2.45) is 17.3 Å². The maximum Gasteiger partial charge on any atom is 0.220 e. The van der Waals surface area contributed by atoms with Crippen LogP contribution in [0.25, 0.3) is 0 Å². The number of aliphatic hydroxyl groups is 1. The van der Waals surface area contributed by atoms with Crippen molar-refractivity contribution in [1.29, 1.82) is 0 Å². The Bertz CT molecular complexity index is 569. The Morgan fingerprint density at radius 2 is 2.17 bits per heavy atom. The molecule has 1 heterocycles. The fourth-order valence-corrected chi connectivity index (χ4v) is 5.93. The number of aromatic amines is 1. The minimum Gasteiger partial charge on any atom is -0.390 e. The highest BCUT2D eigenvalue weighted by Crippen LogP contribution is 2.62. The summed E-state index contributed by atoms with van der Waals surface area (Å²) in [5, 5.41) is 20.8. The molecule has 1 amide bonds. The lowest BCUT2D eigenvalue weighted by Crippen LogP contribution is -2.61. The van der Waals surface area contributed by atoms with Crippen LogP contribution in [-0.2, 0) is 11.2 Å².